The van der Waals surface area contributed by atoms with Gasteiger partial charge < -0.3 is 10.1 Å². The van der Waals surface area contributed by atoms with Crippen LogP contribution in [0.4, 0.5) is 5.00 Å². The van der Waals surface area contributed by atoms with Gasteiger partial charge in [0.15, 0.2) is 0 Å². The second-order valence-electron chi connectivity index (χ2n) is 8.98. The van der Waals surface area contributed by atoms with Gasteiger partial charge in [-0.3, -0.25) is 19.3 Å². The number of anilines is 1. The lowest BCUT2D eigenvalue weighted by Crippen LogP contribution is -2.50. The Bertz CT molecular complexity index is 1100. The molecule has 2 aliphatic rings. The van der Waals surface area contributed by atoms with Gasteiger partial charge >= 0.3 is 5.97 Å². The number of hydrogen-bond acceptors (Lipinski definition) is 6. The Kier molecular flexibility index (Phi) is 6.38. The van der Waals surface area contributed by atoms with Crippen molar-refractivity contribution in [3.05, 3.63) is 51.4 Å². The van der Waals surface area contributed by atoms with Gasteiger partial charge in [-0.1, -0.05) is 32.9 Å². The van der Waals surface area contributed by atoms with Crippen molar-refractivity contribution < 1.29 is 23.9 Å². The first-order valence-electron chi connectivity index (χ1n) is 11.3. The Morgan fingerprint density at radius 3 is 2.39 bits per heavy atom. The van der Waals surface area contributed by atoms with Crippen molar-refractivity contribution in [1.29, 1.82) is 0 Å². The number of imide groups is 1. The lowest BCUT2D eigenvalue weighted by molar-refractivity contribution is -0.121. The fraction of sp³-hybridized carbons (Fsp3) is 0.440. The molecule has 2 heterocycles. The number of carbonyl (C=O) groups excluding carboxylic acids is 4. The van der Waals surface area contributed by atoms with Crippen molar-refractivity contribution in [1.82, 2.24) is 4.90 Å². The first kappa shape index (κ1) is 23.2. The molecular weight excluding hydrogens is 440 g/mol. The van der Waals surface area contributed by atoms with Crippen LogP contribution in [0.3, 0.4) is 0 Å². The zero-order valence-electron chi connectivity index (χ0n) is 19.3. The third kappa shape index (κ3) is 4.08. The Morgan fingerprint density at radius 2 is 1.82 bits per heavy atom. The van der Waals surface area contributed by atoms with Crippen LogP contribution in [0, 0.1) is 11.8 Å². The minimum atomic E-state index is -1.01. The van der Waals surface area contributed by atoms with Crippen LogP contribution in [-0.2, 0) is 22.4 Å². The topological polar surface area (TPSA) is 92.8 Å². The highest BCUT2D eigenvalue weighted by Crippen LogP contribution is 2.40. The lowest BCUT2D eigenvalue weighted by Gasteiger charge is -2.28. The summed E-state index contributed by atoms with van der Waals surface area (Å²) in [5.41, 5.74) is 1.94. The van der Waals surface area contributed by atoms with E-state index in [1.165, 1.54) is 11.3 Å². The van der Waals surface area contributed by atoms with Gasteiger partial charge in [-0.15, -0.1) is 11.3 Å². The van der Waals surface area contributed by atoms with E-state index in [2.05, 4.69) is 12.2 Å². The number of benzene rings is 1. The first-order valence-corrected chi connectivity index (χ1v) is 12.2. The Morgan fingerprint density at radius 1 is 1.18 bits per heavy atom. The number of esters is 1. The maximum Gasteiger partial charge on any atom is 0.341 e. The van der Waals surface area contributed by atoms with E-state index < -0.39 is 29.7 Å². The van der Waals surface area contributed by atoms with Crippen LogP contribution in [0.15, 0.2) is 24.3 Å². The summed E-state index contributed by atoms with van der Waals surface area (Å²) in [6.45, 7) is 7.73. The molecule has 0 fully saturated rings. The predicted molar refractivity (Wildman–Crippen MR) is 126 cm³/mol. The van der Waals surface area contributed by atoms with Crippen LogP contribution in [-0.4, -0.2) is 41.2 Å². The molecule has 174 valence electrons. The van der Waals surface area contributed by atoms with Gasteiger partial charge in [-0.2, -0.15) is 0 Å². The number of nitrogens with one attached hydrogen (secondary N) is 1. The van der Waals surface area contributed by atoms with Crippen LogP contribution in [0.2, 0.25) is 0 Å². The average Bonchev–Trinajstić information content (AvgIpc) is 3.23. The van der Waals surface area contributed by atoms with Gasteiger partial charge in [-0.05, 0) is 55.7 Å². The van der Waals surface area contributed by atoms with E-state index in [0.29, 0.717) is 27.6 Å². The summed E-state index contributed by atoms with van der Waals surface area (Å²) in [6, 6.07) is 5.57. The third-order valence-corrected chi connectivity index (χ3v) is 7.40. The number of thiophene rings is 1. The van der Waals surface area contributed by atoms with E-state index >= 15 is 0 Å². The van der Waals surface area contributed by atoms with Crippen molar-refractivity contribution in [2.45, 2.75) is 53.0 Å². The quantitative estimate of drug-likeness (QED) is 0.504. The second kappa shape index (κ2) is 9.09. The molecule has 1 aliphatic heterocycles. The zero-order valence-corrected chi connectivity index (χ0v) is 20.1. The highest BCUT2D eigenvalue weighted by molar-refractivity contribution is 7.17. The SMILES string of the molecule is CCOC(=O)c1c(NC(=O)[C@H](C(C)C)N2C(=O)c3ccccc3C2=O)sc2c1CC[C@H](C)C2. The predicted octanol–water partition coefficient (Wildman–Crippen LogP) is 4.31. The standard InChI is InChI=1S/C25H28N2O5S/c1-5-32-25(31)19-17-11-10-14(4)12-18(17)33-22(19)26-21(28)20(13(2)3)27-23(29)15-8-6-7-9-16(15)24(27)30/h6-9,13-14,20H,5,10-12H2,1-4H3,(H,26,28)/t14-,20-/m0/s1. The minimum Gasteiger partial charge on any atom is -0.462 e. The molecule has 0 saturated heterocycles. The highest BCUT2D eigenvalue weighted by atomic mass is 32.1. The van der Waals surface area contributed by atoms with Gasteiger partial charge in [-0.25, -0.2) is 4.79 Å². The Balaban J connectivity index is 1.67. The molecule has 0 spiro atoms. The number of rotatable bonds is 6. The average molecular weight is 469 g/mol. The zero-order chi connectivity index (χ0) is 23.9. The fourth-order valence-electron chi connectivity index (χ4n) is 4.62. The fourth-order valence-corrected chi connectivity index (χ4v) is 6.02. The molecule has 2 atom stereocenters. The molecule has 7 nitrogen and oxygen atoms in total. The number of carbonyl (C=O) groups is 4. The van der Waals surface area contributed by atoms with Crippen LogP contribution in [0.25, 0.3) is 0 Å². The Labute approximate surface area is 197 Å². The molecule has 8 heteroatoms. The van der Waals surface area contributed by atoms with E-state index in [1.807, 2.05) is 0 Å². The molecule has 1 aromatic carbocycles. The molecule has 2 aromatic rings. The summed E-state index contributed by atoms with van der Waals surface area (Å²) in [4.78, 5) is 54.4. The van der Waals surface area contributed by atoms with E-state index in [0.717, 1.165) is 34.6 Å². The molecule has 3 amide bonds. The maximum absolute atomic E-state index is 13.5. The summed E-state index contributed by atoms with van der Waals surface area (Å²) < 4.78 is 5.28. The molecule has 33 heavy (non-hydrogen) atoms. The van der Waals surface area contributed by atoms with Crippen LogP contribution >= 0.6 is 11.3 Å². The summed E-state index contributed by atoms with van der Waals surface area (Å²) in [7, 11) is 0. The van der Waals surface area contributed by atoms with Crippen molar-refractivity contribution in [3.8, 4) is 0 Å². The van der Waals surface area contributed by atoms with Gasteiger partial charge in [0, 0.05) is 4.88 Å². The first-order chi connectivity index (χ1) is 15.7. The van der Waals surface area contributed by atoms with Crippen molar-refractivity contribution in [2.75, 3.05) is 11.9 Å². The van der Waals surface area contributed by atoms with E-state index in [9.17, 15) is 19.2 Å². The summed E-state index contributed by atoms with van der Waals surface area (Å²) in [5.74, 6) is -1.73. The lowest BCUT2D eigenvalue weighted by atomic mass is 9.88. The van der Waals surface area contributed by atoms with Gasteiger partial charge in [0.25, 0.3) is 11.8 Å². The number of amides is 3. The van der Waals surface area contributed by atoms with Crippen LogP contribution < -0.4 is 5.32 Å². The summed E-state index contributed by atoms with van der Waals surface area (Å²) in [6.07, 6.45) is 2.56. The number of fused-ring (bicyclic) bond motifs is 2. The monoisotopic (exact) mass is 468 g/mol. The van der Waals surface area contributed by atoms with E-state index in [-0.39, 0.29) is 12.5 Å². The number of nitrogens with zero attached hydrogens (tertiary/aromatic N) is 1. The smallest absolute Gasteiger partial charge is 0.341 e. The van der Waals surface area contributed by atoms with E-state index in [4.69, 9.17) is 4.74 Å². The summed E-state index contributed by atoms with van der Waals surface area (Å²) in [5, 5.41) is 3.31. The molecule has 1 N–H and O–H groups in total. The molecule has 1 aromatic heterocycles. The molecule has 0 radical (unpaired) electrons. The van der Waals surface area contributed by atoms with Gasteiger partial charge in [0.05, 0.1) is 23.3 Å². The van der Waals surface area contributed by atoms with Crippen molar-refractivity contribution >= 4 is 40.0 Å². The largest absolute Gasteiger partial charge is 0.462 e. The maximum atomic E-state index is 13.5. The second-order valence-corrected chi connectivity index (χ2v) is 10.1. The van der Waals surface area contributed by atoms with Gasteiger partial charge in [0.1, 0.15) is 11.0 Å². The number of hydrogen-bond donors (Lipinski definition) is 1. The molecular formula is C25H28N2O5S. The van der Waals surface area contributed by atoms with Crippen LogP contribution in [0.1, 0.15) is 75.6 Å². The highest BCUT2D eigenvalue weighted by Gasteiger charge is 2.44. The van der Waals surface area contributed by atoms with E-state index in [1.54, 1.807) is 45.0 Å². The minimum absolute atomic E-state index is 0.233. The van der Waals surface area contributed by atoms with Gasteiger partial charge in [0.2, 0.25) is 5.91 Å². The number of ether oxygens (including phenoxy) is 1. The molecule has 1 aliphatic carbocycles. The van der Waals surface area contributed by atoms with Crippen molar-refractivity contribution in [2.24, 2.45) is 11.8 Å². The molecule has 0 saturated carbocycles. The molecule has 0 unspecified atom stereocenters. The third-order valence-electron chi connectivity index (χ3n) is 6.23. The van der Waals surface area contributed by atoms with Crippen molar-refractivity contribution in [3.63, 3.8) is 0 Å². The molecule has 0 bridgehead atoms. The summed E-state index contributed by atoms with van der Waals surface area (Å²) >= 11 is 1.39. The van der Waals surface area contributed by atoms with Crippen LogP contribution in [0.5, 0.6) is 0 Å². The Hall–Kier alpha value is -3.00. The normalized spacial score (nSPS) is 18.2. The molecule has 4 rings (SSSR count).